The minimum Gasteiger partial charge on any atom is -0.350 e. The van der Waals surface area contributed by atoms with E-state index in [0.717, 1.165) is 0 Å². The van der Waals surface area contributed by atoms with Gasteiger partial charge in [0.2, 0.25) is 0 Å². The number of nitrogens with zero attached hydrogens (tertiary/aromatic N) is 2. The maximum absolute atomic E-state index is 12.3. The van der Waals surface area contributed by atoms with Crippen molar-refractivity contribution in [2.75, 3.05) is 18.4 Å². The highest BCUT2D eigenvalue weighted by molar-refractivity contribution is 9.10. The molecule has 2 aromatic rings. The Balaban J connectivity index is 2.21. The molecule has 24 heavy (non-hydrogen) atoms. The maximum atomic E-state index is 12.3. The topological polar surface area (TPSA) is 75.5 Å². The molecule has 0 heterocycles. The molecule has 0 fully saturated rings. The molecule has 7 heteroatoms. The highest BCUT2D eigenvalue weighted by Gasteiger charge is 2.15. The molecule has 0 unspecified atom stereocenters. The average Bonchev–Trinajstić information content (AvgIpc) is 2.58. The second-order valence-electron chi connectivity index (χ2n) is 5.10. The highest BCUT2D eigenvalue weighted by Crippen LogP contribution is 2.30. The normalized spacial score (nSPS) is 10.3. The molecule has 0 aliphatic carbocycles. The number of carbonyl (C=O) groups is 1. The van der Waals surface area contributed by atoms with Crippen LogP contribution in [-0.2, 0) is 0 Å². The zero-order valence-corrected chi connectivity index (χ0v) is 15.0. The molecule has 0 aromatic heterocycles. The molecule has 0 radical (unpaired) electrons. The zero-order valence-electron chi connectivity index (χ0n) is 13.5. The number of halogens is 1. The van der Waals surface area contributed by atoms with Crippen LogP contribution in [0.25, 0.3) is 0 Å². The van der Waals surface area contributed by atoms with Gasteiger partial charge in [0.15, 0.2) is 0 Å². The molecule has 0 aliphatic heterocycles. The summed E-state index contributed by atoms with van der Waals surface area (Å²) in [6.07, 6.45) is 0. The van der Waals surface area contributed by atoms with E-state index in [0.29, 0.717) is 34.5 Å². The van der Waals surface area contributed by atoms with Crippen LogP contribution >= 0.6 is 15.9 Å². The molecule has 0 atom stereocenters. The van der Waals surface area contributed by atoms with Crippen LogP contribution in [-0.4, -0.2) is 28.8 Å². The number of rotatable bonds is 6. The van der Waals surface area contributed by atoms with Gasteiger partial charge in [-0.05, 0) is 50.2 Å². The van der Waals surface area contributed by atoms with Gasteiger partial charge >= 0.3 is 0 Å². The molecule has 0 saturated carbocycles. The first-order valence-electron chi connectivity index (χ1n) is 7.56. The average molecular weight is 392 g/mol. The lowest BCUT2D eigenvalue weighted by molar-refractivity contribution is -0.384. The fourth-order valence-electron chi connectivity index (χ4n) is 2.31. The Kier molecular flexibility index (Phi) is 5.92. The van der Waals surface area contributed by atoms with Gasteiger partial charge in [0.1, 0.15) is 5.69 Å². The molecule has 2 aromatic carbocycles. The summed E-state index contributed by atoms with van der Waals surface area (Å²) < 4.78 is 0.639. The Bertz CT molecular complexity index is 743. The predicted molar refractivity (Wildman–Crippen MR) is 97.8 cm³/mol. The van der Waals surface area contributed by atoms with E-state index >= 15 is 0 Å². The number of anilines is 2. The van der Waals surface area contributed by atoms with Crippen LogP contribution < -0.4 is 5.32 Å². The fraction of sp³-hybridized carbons (Fsp3) is 0.235. The largest absolute Gasteiger partial charge is 0.350 e. The van der Waals surface area contributed by atoms with Crippen LogP contribution in [0.3, 0.4) is 0 Å². The molecule has 1 N–H and O–H groups in total. The second-order valence-corrected chi connectivity index (χ2v) is 6.01. The van der Waals surface area contributed by atoms with Crippen LogP contribution in [0.2, 0.25) is 0 Å². The Morgan fingerprint density at radius 1 is 1.17 bits per heavy atom. The fourth-order valence-corrected chi connectivity index (χ4v) is 2.66. The predicted octanol–water partition coefficient (Wildman–Crippen LogP) is 4.58. The van der Waals surface area contributed by atoms with Gasteiger partial charge < -0.3 is 10.2 Å². The first kappa shape index (κ1) is 17.9. The van der Waals surface area contributed by atoms with E-state index in [1.165, 1.54) is 6.07 Å². The van der Waals surface area contributed by atoms with Crippen LogP contribution in [0.4, 0.5) is 17.1 Å². The molecule has 0 spiro atoms. The summed E-state index contributed by atoms with van der Waals surface area (Å²) in [7, 11) is 0. The van der Waals surface area contributed by atoms with Crippen molar-refractivity contribution >= 4 is 38.9 Å². The number of nitrogens with one attached hydrogen (secondary N) is 1. The van der Waals surface area contributed by atoms with Crippen LogP contribution in [0.15, 0.2) is 46.9 Å². The number of nitro groups is 1. The molecule has 0 bridgehead atoms. The lowest BCUT2D eigenvalue weighted by Crippen LogP contribution is -2.30. The van der Waals surface area contributed by atoms with Crippen molar-refractivity contribution in [2.45, 2.75) is 13.8 Å². The SMILES string of the molecule is CCN(CC)C(=O)c1ccc(Nc2ccc(Br)cc2[N+](=O)[O-])cc1. The lowest BCUT2D eigenvalue weighted by Gasteiger charge is -2.18. The van der Waals surface area contributed by atoms with Crippen molar-refractivity contribution in [3.63, 3.8) is 0 Å². The number of nitro benzene ring substituents is 1. The molecule has 126 valence electrons. The van der Waals surface area contributed by atoms with E-state index in [-0.39, 0.29) is 11.6 Å². The van der Waals surface area contributed by atoms with Crippen molar-refractivity contribution in [2.24, 2.45) is 0 Å². The third-order valence-electron chi connectivity index (χ3n) is 3.62. The summed E-state index contributed by atoms with van der Waals surface area (Å²) in [6.45, 7) is 5.18. The van der Waals surface area contributed by atoms with E-state index in [1.807, 2.05) is 13.8 Å². The lowest BCUT2D eigenvalue weighted by atomic mass is 10.1. The van der Waals surface area contributed by atoms with Gasteiger partial charge in [-0.15, -0.1) is 0 Å². The molecular formula is C17H18BrN3O3. The zero-order chi connectivity index (χ0) is 17.7. The van der Waals surface area contributed by atoms with Crippen molar-refractivity contribution in [3.05, 3.63) is 62.6 Å². The van der Waals surface area contributed by atoms with Crippen molar-refractivity contribution < 1.29 is 9.72 Å². The minimum absolute atomic E-state index is 0.0207. The summed E-state index contributed by atoms with van der Waals surface area (Å²) in [5.41, 5.74) is 1.64. The molecule has 0 saturated heterocycles. The second kappa shape index (κ2) is 7.92. The summed E-state index contributed by atoms with van der Waals surface area (Å²) in [4.78, 5) is 24.7. The Morgan fingerprint density at radius 2 is 1.79 bits per heavy atom. The number of amides is 1. The summed E-state index contributed by atoms with van der Waals surface area (Å²) in [5, 5.41) is 14.2. The molecule has 1 amide bonds. The molecular weight excluding hydrogens is 374 g/mol. The van der Waals surface area contributed by atoms with E-state index in [1.54, 1.807) is 41.3 Å². The number of benzene rings is 2. The Hall–Kier alpha value is -2.41. The standard InChI is InChI=1S/C17H18BrN3O3/c1-3-20(4-2)17(22)12-5-8-14(9-6-12)19-15-10-7-13(18)11-16(15)21(23)24/h5-11,19H,3-4H2,1-2H3. The van der Waals surface area contributed by atoms with E-state index in [4.69, 9.17) is 0 Å². The Labute approximate surface area is 148 Å². The summed E-state index contributed by atoms with van der Waals surface area (Å²) in [6, 6.07) is 11.7. The van der Waals surface area contributed by atoms with Crippen LogP contribution in [0.5, 0.6) is 0 Å². The number of hydrogen-bond donors (Lipinski definition) is 1. The van der Waals surface area contributed by atoms with E-state index in [2.05, 4.69) is 21.2 Å². The summed E-state index contributed by atoms with van der Waals surface area (Å²) >= 11 is 3.23. The summed E-state index contributed by atoms with van der Waals surface area (Å²) in [5.74, 6) is -0.0267. The molecule has 2 rings (SSSR count). The highest BCUT2D eigenvalue weighted by atomic mass is 79.9. The third kappa shape index (κ3) is 4.11. The van der Waals surface area contributed by atoms with Gasteiger partial charge in [-0.3, -0.25) is 14.9 Å². The van der Waals surface area contributed by atoms with E-state index in [9.17, 15) is 14.9 Å². The van der Waals surface area contributed by atoms with Crippen molar-refractivity contribution in [1.29, 1.82) is 0 Å². The quantitative estimate of drug-likeness (QED) is 0.577. The van der Waals surface area contributed by atoms with Gasteiger partial charge in [-0.2, -0.15) is 0 Å². The van der Waals surface area contributed by atoms with Gasteiger partial charge in [-0.25, -0.2) is 0 Å². The van der Waals surface area contributed by atoms with Gasteiger partial charge in [0, 0.05) is 34.9 Å². The third-order valence-corrected chi connectivity index (χ3v) is 4.11. The van der Waals surface area contributed by atoms with Crippen LogP contribution in [0, 0.1) is 10.1 Å². The smallest absolute Gasteiger partial charge is 0.293 e. The van der Waals surface area contributed by atoms with Gasteiger partial charge in [-0.1, -0.05) is 15.9 Å². The Morgan fingerprint density at radius 3 is 2.33 bits per heavy atom. The number of carbonyl (C=O) groups excluding carboxylic acids is 1. The molecule has 6 nitrogen and oxygen atoms in total. The first-order chi connectivity index (χ1) is 11.5. The molecule has 0 aliphatic rings. The van der Waals surface area contributed by atoms with Crippen molar-refractivity contribution in [1.82, 2.24) is 4.90 Å². The minimum atomic E-state index is -0.439. The first-order valence-corrected chi connectivity index (χ1v) is 8.35. The monoisotopic (exact) mass is 391 g/mol. The van der Waals surface area contributed by atoms with E-state index < -0.39 is 4.92 Å². The maximum Gasteiger partial charge on any atom is 0.293 e. The van der Waals surface area contributed by atoms with Gasteiger partial charge in [0.05, 0.1) is 4.92 Å². The number of hydrogen-bond acceptors (Lipinski definition) is 4. The van der Waals surface area contributed by atoms with Gasteiger partial charge in [0.25, 0.3) is 11.6 Å². The van der Waals surface area contributed by atoms with Crippen LogP contribution in [0.1, 0.15) is 24.2 Å². The van der Waals surface area contributed by atoms with Crippen molar-refractivity contribution in [3.8, 4) is 0 Å².